The summed E-state index contributed by atoms with van der Waals surface area (Å²) in [5.41, 5.74) is 0.454. The number of phenols is 6. The number of hydrogen-bond donors (Lipinski definition) is 8. The van der Waals surface area contributed by atoms with Gasteiger partial charge in [0.25, 0.3) is 0 Å². The van der Waals surface area contributed by atoms with Crippen molar-refractivity contribution in [2.45, 2.75) is 37.9 Å². The molecule has 0 spiro atoms. The minimum absolute atomic E-state index is 0.0712. The van der Waals surface area contributed by atoms with Crippen molar-refractivity contribution in [3.63, 3.8) is 0 Å². The number of carboxylic acids is 1. The van der Waals surface area contributed by atoms with E-state index < -0.39 is 58.8 Å². The van der Waals surface area contributed by atoms with Crippen LogP contribution in [-0.4, -0.2) is 65.1 Å². The van der Waals surface area contributed by atoms with Gasteiger partial charge >= 0.3 is 5.97 Å². The summed E-state index contributed by atoms with van der Waals surface area (Å²) in [5.74, 6) is -4.91. The zero-order valence-corrected chi connectivity index (χ0v) is 16.5. The van der Waals surface area contributed by atoms with E-state index in [4.69, 9.17) is 9.47 Å². The Morgan fingerprint density at radius 1 is 0.812 bits per heavy atom. The Morgan fingerprint density at radius 3 is 1.69 bits per heavy atom. The number of aliphatic hydroxyl groups is 1. The molecule has 172 valence electrons. The van der Waals surface area contributed by atoms with Gasteiger partial charge in [0.05, 0.1) is 19.3 Å². The van der Waals surface area contributed by atoms with E-state index in [0.717, 1.165) is 24.3 Å². The first-order valence-corrected chi connectivity index (χ1v) is 9.39. The van der Waals surface area contributed by atoms with Crippen LogP contribution in [0.4, 0.5) is 0 Å². The first kappa shape index (κ1) is 23.0. The second kappa shape index (κ2) is 9.22. The van der Waals surface area contributed by atoms with Crippen LogP contribution >= 0.6 is 0 Å². The SMILES string of the molecule is O=C(O)C1=C[C@@H](OCc2cc(O)c(O)c(O)c2)[C@@H](O)[C@H](OCc2cc(O)c(O)c(O)c2)C1. The number of aromatic hydroxyl groups is 6. The number of rotatable bonds is 7. The lowest BCUT2D eigenvalue weighted by Crippen LogP contribution is -2.43. The fourth-order valence-electron chi connectivity index (χ4n) is 3.26. The Bertz CT molecular complexity index is 1000. The van der Waals surface area contributed by atoms with Crippen molar-refractivity contribution in [1.82, 2.24) is 0 Å². The van der Waals surface area contributed by atoms with E-state index in [-0.39, 0.29) is 36.3 Å². The molecule has 11 heteroatoms. The summed E-state index contributed by atoms with van der Waals surface area (Å²) in [5, 5.41) is 77.2. The average Bonchev–Trinajstić information content (AvgIpc) is 2.73. The van der Waals surface area contributed by atoms with Crippen molar-refractivity contribution in [3.8, 4) is 34.5 Å². The highest BCUT2D eigenvalue weighted by Crippen LogP contribution is 2.37. The third-order valence-electron chi connectivity index (χ3n) is 4.94. The van der Waals surface area contributed by atoms with E-state index in [0.29, 0.717) is 0 Å². The molecule has 2 aromatic carbocycles. The highest BCUT2D eigenvalue weighted by molar-refractivity contribution is 5.87. The van der Waals surface area contributed by atoms with Gasteiger partial charge in [0.2, 0.25) is 0 Å². The molecular weight excluding hydrogens is 428 g/mol. The number of ether oxygens (including phenoxy) is 2. The van der Waals surface area contributed by atoms with E-state index in [9.17, 15) is 45.6 Å². The van der Waals surface area contributed by atoms with Crippen molar-refractivity contribution in [3.05, 3.63) is 47.0 Å². The van der Waals surface area contributed by atoms with Gasteiger partial charge in [-0.05, 0) is 41.5 Å². The number of benzene rings is 2. The molecule has 0 aliphatic heterocycles. The van der Waals surface area contributed by atoms with Crippen molar-refractivity contribution in [2.24, 2.45) is 0 Å². The Kier molecular flexibility index (Phi) is 6.63. The molecule has 11 nitrogen and oxygen atoms in total. The van der Waals surface area contributed by atoms with E-state index in [1.165, 1.54) is 6.08 Å². The van der Waals surface area contributed by atoms with E-state index >= 15 is 0 Å². The number of hydrogen-bond acceptors (Lipinski definition) is 10. The predicted molar refractivity (Wildman–Crippen MR) is 106 cm³/mol. The maximum absolute atomic E-state index is 11.5. The van der Waals surface area contributed by atoms with Gasteiger partial charge in [-0.3, -0.25) is 0 Å². The largest absolute Gasteiger partial charge is 0.504 e. The standard InChI is InChI=1S/C21H22O11/c22-12-1-9(2-13(23)18(12)26)7-31-16-5-11(21(29)30)6-17(20(16)28)32-8-10-3-14(24)19(27)15(25)4-10/h1-5,16-17,20,22-28H,6-8H2,(H,29,30)/t16-,17-,20-/m1/s1. The van der Waals surface area contributed by atoms with Gasteiger partial charge in [-0.25, -0.2) is 4.79 Å². The quantitative estimate of drug-likeness (QED) is 0.282. The van der Waals surface area contributed by atoms with Crippen LogP contribution in [0.5, 0.6) is 34.5 Å². The van der Waals surface area contributed by atoms with Gasteiger partial charge in [0, 0.05) is 12.0 Å². The molecule has 0 heterocycles. The Hall–Kier alpha value is -3.67. The van der Waals surface area contributed by atoms with Gasteiger partial charge in [-0.2, -0.15) is 0 Å². The van der Waals surface area contributed by atoms with Crippen LogP contribution in [0.25, 0.3) is 0 Å². The maximum Gasteiger partial charge on any atom is 0.331 e. The maximum atomic E-state index is 11.5. The highest BCUT2D eigenvalue weighted by Gasteiger charge is 2.35. The predicted octanol–water partition coefficient (Wildman–Crippen LogP) is 1.17. The van der Waals surface area contributed by atoms with Crippen LogP contribution < -0.4 is 0 Å². The third-order valence-corrected chi connectivity index (χ3v) is 4.94. The minimum Gasteiger partial charge on any atom is -0.504 e. The summed E-state index contributed by atoms with van der Waals surface area (Å²) >= 11 is 0. The van der Waals surface area contributed by atoms with Gasteiger partial charge in [-0.15, -0.1) is 0 Å². The normalized spacial score (nSPS) is 20.7. The molecule has 0 saturated carbocycles. The van der Waals surface area contributed by atoms with Crippen molar-refractivity contribution < 1.29 is 55.1 Å². The lowest BCUT2D eigenvalue weighted by Gasteiger charge is -2.33. The summed E-state index contributed by atoms with van der Waals surface area (Å²) in [6, 6.07) is 4.58. The summed E-state index contributed by atoms with van der Waals surface area (Å²) < 4.78 is 11.2. The molecule has 0 aromatic heterocycles. The van der Waals surface area contributed by atoms with Gasteiger partial charge in [0.15, 0.2) is 34.5 Å². The molecule has 0 radical (unpaired) electrons. The highest BCUT2D eigenvalue weighted by atomic mass is 16.5. The number of carbonyl (C=O) groups is 1. The summed E-state index contributed by atoms with van der Waals surface area (Å²) in [6.07, 6.45) is -2.34. The molecule has 8 N–H and O–H groups in total. The molecule has 3 atom stereocenters. The number of aliphatic hydroxyl groups excluding tert-OH is 1. The van der Waals surface area contributed by atoms with E-state index in [1.54, 1.807) is 0 Å². The Labute approximate surface area is 181 Å². The van der Waals surface area contributed by atoms with Gasteiger partial charge in [-0.1, -0.05) is 0 Å². The second-order valence-electron chi connectivity index (χ2n) is 7.28. The molecule has 0 amide bonds. The second-order valence-corrected chi connectivity index (χ2v) is 7.28. The Morgan fingerprint density at radius 2 is 1.25 bits per heavy atom. The third kappa shape index (κ3) is 4.97. The molecule has 1 aliphatic carbocycles. The molecule has 0 saturated heterocycles. The molecule has 2 aromatic rings. The van der Waals surface area contributed by atoms with Gasteiger partial charge < -0.3 is 50.3 Å². The lowest BCUT2D eigenvalue weighted by atomic mass is 9.92. The number of aliphatic carboxylic acids is 1. The van der Waals surface area contributed by atoms with Crippen molar-refractivity contribution >= 4 is 5.97 Å². The van der Waals surface area contributed by atoms with Crippen LogP contribution in [0, 0.1) is 0 Å². The van der Waals surface area contributed by atoms with Crippen LogP contribution in [0.3, 0.4) is 0 Å². The fraction of sp³-hybridized carbons (Fsp3) is 0.286. The smallest absolute Gasteiger partial charge is 0.331 e. The van der Waals surface area contributed by atoms with Crippen LogP contribution in [-0.2, 0) is 27.5 Å². The molecular formula is C21H22O11. The summed E-state index contributed by atoms with van der Waals surface area (Å²) in [4.78, 5) is 11.5. The van der Waals surface area contributed by atoms with E-state index in [1.807, 2.05) is 0 Å². The molecule has 32 heavy (non-hydrogen) atoms. The molecule has 0 unspecified atom stereocenters. The minimum atomic E-state index is -1.29. The molecule has 3 rings (SSSR count). The first-order chi connectivity index (χ1) is 15.1. The topological polar surface area (TPSA) is 197 Å². The monoisotopic (exact) mass is 450 g/mol. The first-order valence-electron chi connectivity index (χ1n) is 9.39. The lowest BCUT2D eigenvalue weighted by molar-refractivity contribution is -0.137. The van der Waals surface area contributed by atoms with Crippen molar-refractivity contribution in [1.29, 1.82) is 0 Å². The zero-order valence-electron chi connectivity index (χ0n) is 16.5. The fourth-order valence-corrected chi connectivity index (χ4v) is 3.26. The van der Waals surface area contributed by atoms with Gasteiger partial charge in [0.1, 0.15) is 12.2 Å². The van der Waals surface area contributed by atoms with Crippen LogP contribution in [0.1, 0.15) is 17.5 Å². The summed E-state index contributed by atoms with van der Waals surface area (Å²) in [6.45, 7) is -0.457. The summed E-state index contributed by atoms with van der Waals surface area (Å²) in [7, 11) is 0. The Balaban J connectivity index is 1.72. The average molecular weight is 450 g/mol. The molecule has 1 aliphatic rings. The number of phenolic OH excluding ortho intramolecular Hbond substituents is 6. The van der Waals surface area contributed by atoms with E-state index in [2.05, 4.69) is 0 Å². The molecule has 0 bridgehead atoms. The van der Waals surface area contributed by atoms with Crippen LogP contribution in [0.15, 0.2) is 35.9 Å². The van der Waals surface area contributed by atoms with Crippen LogP contribution in [0.2, 0.25) is 0 Å². The van der Waals surface area contributed by atoms with Crippen molar-refractivity contribution in [2.75, 3.05) is 0 Å². The number of carboxylic acid groups (broad SMARTS) is 1. The zero-order chi connectivity index (χ0) is 23.6. The molecule has 0 fully saturated rings.